The lowest BCUT2D eigenvalue weighted by molar-refractivity contribution is -0.138. The molecule has 3 aliphatic rings. The number of aliphatic carboxylic acids is 1. The van der Waals surface area contributed by atoms with Crippen molar-refractivity contribution in [3.8, 4) is 5.88 Å². The lowest BCUT2D eigenvalue weighted by atomic mass is 9.45. The van der Waals surface area contributed by atoms with Crippen LogP contribution >= 0.6 is 0 Å². The molecule has 0 aromatic carbocycles. The number of aromatic nitrogens is 2. The molecule has 0 spiro atoms. The first-order chi connectivity index (χ1) is 11.7. The maximum Gasteiger partial charge on any atom is 0.325 e. The van der Waals surface area contributed by atoms with Gasteiger partial charge in [-0.05, 0) is 42.9 Å². The molecule has 1 aromatic rings. The van der Waals surface area contributed by atoms with E-state index in [1.807, 2.05) is 6.92 Å². The summed E-state index contributed by atoms with van der Waals surface area (Å²) >= 11 is 0. The largest absolute Gasteiger partial charge is 0.480 e. The standard InChI is InChI=1S/C18H27N3O4/c1-5-25-17-14(8-15(22)21(20-17)9-16(23)24)19-13-7-11-6-12(10(13)2)18(11,3)4/h8,10-13,19H,5-7,9H2,1-4H3,(H,23,24)/t10-,11+,12-,13-/m1/s1. The number of carbonyl (C=O) groups is 1. The maximum atomic E-state index is 12.2. The fraction of sp³-hybridized carbons (Fsp3) is 0.722. The zero-order valence-corrected chi connectivity index (χ0v) is 15.3. The van der Waals surface area contributed by atoms with Crippen molar-refractivity contribution in [2.75, 3.05) is 11.9 Å². The molecular formula is C18H27N3O4. The van der Waals surface area contributed by atoms with Crippen molar-refractivity contribution < 1.29 is 14.6 Å². The minimum absolute atomic E-state index is 0.271. The third-order valence-electron chi connectivity index (χ3n) is 6.23. The first kappa shape index (κ1) is 17.8. The number of hydrogen-bond acceptors (Lipinski definition) is 5. The van der Waals surface area contributed by atoms with Crippen LogP contribution < -0.4 is 15.6 Å². The van der Waals surface area contributed by atoms with Crippen LogP contribution in [-0.2, 0) is 11.3 Å². The van der Waals surface area contributed by atoms with E-state index in [1.165, 1.54) is 12.5 Å². The van der Waals surface area contributed by atoms with Gasteiger partial charge >= 0.3 is 5.97 Å². The Hall–Kier alpha value is -2.05. The summed E-state index contributed by atoms with van der Waals surface area (Å²) in [6.07, 6.45) is 2.34. The Morgan fingerprint density at radius 1 is 1.48 bits per heavy atom. The third-order valence-corrected chi connectivity index (χ3v) is 6.23. The Balaban J connectivity index is 1.83. The van der Waals surface area contributed by atoms with Gasteiger partial charge in [0, 0.05) is 12.1 Å². The van der Waals surface area contributed by atoms with E-state index in [-0.39, 0.29) is 11.9 Å². The van der Waals surface area contributed by atoms with Crippen molar-refractivity contribution in [3.05, 3.63) is 16.4 Å². The van der Waals surface area contributed by atoms with Crippen LogP contribution in [0, 0.1) is 23.2 Å². The van der Waals surface area contributed by atoms with Crippen LogP contribution in [-0.4, -0.2) is 33.5 Å². The summed E-state index contributed by atoms with van der Waals surface area (Å²) < 4.78 is 6.46. The van der Waals surface area contributed by atoms with E-state index in [0.717, 1.165) is 11.1 Å². The van der Waals surface area contributed by atoms with Gasteiger partial charge in [-0.2, -0.15) is 0 Å². The SMILES string of the molecule is CCOc1nn(CC(=O)O)c(=O)cc1N[C@@H]1C[C@@H]2C[C@H]([C@H]1C)C2(C)C. The molecule has 0 amide bonds. The van der Waals surface area contributed by atoms with Gasteiger partial charge < -0.3 is 15.2 Å². The van der Waals surface area contributed by atoms with Crippen LogP contribution in [0.3, 0.4) is 0 Å². The van der Waals surface area contributed by atoms with Crippen molar-refractivity contribution >= 4 is 11.7 Å². The molecule has 7 nitrogen and oxygen atoms in total. The molecule has 4 atom stereocenters. The predicted molar refractivity (Wildman–Crippen MR) is 93.9 cm³/mol. The highest BCUT2D eigenvalue weighted by Crippen LogP contribution is 2.61. The van der Waals surface area contributed by atoms with E-state index >= 15 is 0 Å². The number of carboxylic acid groups (broad SMARTS) is 1. The predicted octanol–water partition coefficient (Wildman–Crippen LogP) is 2.21. The molecule has 2 bridgehead atoms. The van der Waals surface area contributed by atoms with Crippen molar-refractivity contribution in [2.24, 2.45) is 23.2 Å². The number of carboxylic acids is 1. The Kier molecular flexibility index (Phi) is 4.51. The Labute approximate surface area is 147 Å². The van der Waals surface area contributed by atoms with Crippen LogP contribution in [0.15, 0.2) is 10.9 Å². The molecule has 25 heavy (non-hydrogen) atoms. The fourth-order valence-electron chi connectivity index (χ4n) is 4.60. The summed E-state index contributed by atoms with van der Waals surface area (Å²) in [5.41, 5.74) is 0.510. The molecule has 7 heteroatoms. The van der Waals surface area contributed by atoms with Gasteiger partial charge in [-0.1, -0.05) is 20.8 Å². The second-order valence-electron chi connectivity index (χ2n) is 7.89. The normalized spacial score (nSPS) is 29.6. The summed E-state index contributed by atoms with van der Waals surface area (Å²) in [7, 11) is 0. The number of rotatable bonds is 6. The quantitative estimate of drug-likeness (QED) is 0.818. The van der Waals surface area contributed by atoms with E-state index in [9.17, 15) is 9.59 Å². The van der Waals surface area contributed by atoms with Crippen molar-refractivity contribution in [2.45, 2.75) is 53.1 Å². The van der Waals surface area contributed by atoms with Gasteiger partial charge in [0.1, 0.15) is 12.2 Å². The highest BCUT2D eigenvalue weighted by Gasteiger charge is 2.56. The Bertz CT molecular complexity index is 728. The smallest absolute Gasteiger partial charge is 0.325 e. The fourth-order valence-corrected chi connectivity index (χ4v) is 4.60. The summed E-state index contributed by atoms with van der Waals surface area (Å²) in [6, 6.07) is 1.67. The van der Waals surface area contributed by atoms with E-state index in [0.29, 0.717) is 35.5 Å². The topological polar surface area (TPSA) is 93.5 Å². The lowest BCUT2D eigenvalue weighted by Crippen LogP contribution is -2.58. The molecule has 2 N–H and O–H groups in total. The van der Waals surface area contributed by atoms with Gasteiger partial charge in [-0.3, -0.25) is 9.59 Å². The highest BCUT2D eigenvalue weighted by atomic mass is 16.5. The zero-order chi connectivity index (χ0) is 18.4. The zero-order valence-electron chi connectivity index (χ0n) is 15.3. The van der Waals surface area contributed by atoms with Gasteiger partial charge in [-0.25, -0.2) is 4.68 Å². The van der Waals surface area contributed by atoms with Gasteiger partial charge in [0.2, 0.25) is 0 Å². The molecule has 3 saturated carbocycles. The summed E-state index contributed by atoms with van der Waals surface area (Å²) in [5.74, 6) is 1.05. The number of anilines is 1. The number of nitrogens with zero attached hydrogens (tertiary/aromatic N) is 2. The van der Waals surface area contributed by atoms with E-state index in [4.69, 9.17) is 9.84 Å². The maximum absolute atomic E-state index is 12.2. The average molecular weight is 349 g/mol. The van der Waals surface area contributed by atoms with Gasteiger partial charge in [0.05, 0.1) is 6.61 Å². The Morgan fingerprint density at radius 3 is 2.76 bits per heavy atom. The molecule has 0 aliphatic heterocycles. The number of ether oxygens (including phenoxy) is 1. The first-order valence-electron chi connectivity index (χ1n) is 8.97. The highest BCUT2D eigenvalue weighted by molar-refractivity contribution is 5.66. The molecule has 3 aliphatic carbocycles. The molecule has 138 valence electrons. The summed E-state index contributed by atoms with van der Waals surface area (Å²) in [5, 5.41) is 16.5. The lowest BCUT2D eigenvalue weighted by Gasteiger charge is -2.62. The van der Waals surface area contributed by atoms with Crippen molar-refractivity contribution in [3.63, 3.8) is 0 Å². The van der Waals surface area contributed by atoms with Crippen LogP contribution in [0.2, 0.25) is 0 Å². The number of fused-ring (bicyclic) bond motifs is 2. The Morgan fingerprint density at radius 2 is 2.20 bits per heavy atom. The van der Waals surface area contributed by atoms with Gasteiger partial charge in [-0.15, -0.1) is 5.10 Å². The number of nitrogens with one attached hydrogen (secondary N) is 1. The van der Waals surface area contributed by atoms with Crippen LogP contribution in [0.4, 0.5) is 5.69 Å². The van der Waals surface area contributed by atoms with E-state index < -0.39 is 18.1 Å². The summed E-state index contributed by atoms with van der Waals surface area (Å²) in [4.78, 5) is 23.1. The van der Waals surface area contributed by atoms with Crippen molar-refractivity contribution in [1.29, 1.82) is 0 Å². The summed E-state index contributed by atoms with van der Waals surface area (Å²) in [6.45, 7) is 8.71. The van der Waals surface area contributed by atoms with Crippen LogP contribution in [0.25, 0.3) is 0 Å². The molecule has 1 heterocycles. The first-order valence-corrected chi connectivity index (χ1v) is 8.97. The molecule has 0 radical (unpaired) electrons. The second-order valence-corrected chi connectivity index (χ2v) is 7.89. The third kappa shape index (κ3) is 3.12. The second kappa shape index (κ2) is 6.35. The molecule has 1 aromatic heterocycles. The minimum Gasteiger partial charge on any atom is -0.480 e. The molecule has 0 saturated heterocycles. The van der Waals surface area contributed by atoms with Crippen LogP contribution in [0.5, 0.6) is 5.88 Å². The van der Waals surface area contributed by atoms with E-state index in [2.05, 4.69) is 31.2 Å². The molecule has 4 rings (SSSR count). The monoisotopic (exact) mass is 349 g/mol. The molecule has 3 fully saturated rings. The average Bonchev–Trinajstić information content (AvgIpc) is 2.52. The molecular weight excluding hydrogens is 322 g/mol. The number of hydrogen-bond donors (Lipinski definition) is 2. The van der Waals surface area contributed by atoms with Crippen molar-refractivity contribution in [1.82, 2.24) is 9.78 Å². The molecule has 0 unspecified atom stereocenters. The van der Waals surface area contributed by atoms with E-state index in [1.54, 1.807) is 0 Å². The minimum atomic E-state index is -1.11. The van der Waals surface area contributed by atoms with Gasteiger partial charge in [0.15, 0.2) is 0 Å². The van der Waals surface area contributed by atoms with Crippen LogP contribution in [0.1, 0.15) is 40.5 Å². The van der Waals surface area contributed by atoms with Gasteiger partial charge in [0.25, 0.3) is 11.4 Å².